The van der Waals surface area contributed by atoms with Gasteiger partial charge in [-0.1, -0.05) is 11.8 Å². The summed E-state index contributed by atoms with van der Waals surface area (Å²) in [6, 6.07) is 6.66. The number of carboxylic acids is 1. The molecule has 140 valence electrons. The Labute approximate surface area is 160 Å². The summed E-state index contributed by atoms with van der Waals surface area (Å²) < 4.78 is 0. The van der Waals surface area contributed by atoms with Gasteiger partial charge in [-0.15, -0.1) is 0 Å². The number of piperidine rings is 1. The predicted molar refractivity (Wildman–Crippen MR) is 103 cm³/mol. The lowest BCUT2D eigenvalue weighted by Crippen LogP contribution is -2.48. The van der Waals surface area contributed by atoms with Crippen molar-refractivity contribution in [3.8, 4) is 0 Å². The number of rotatable bonds is 4. The van der Waals surface area contributed by atoms with Crippen molar-refractivity contribution in [2.24, 2.45) is 5.73 Å². The highest BCUT2D eigenvalue weighted by Crippen LogP contribution is 2.28. The first-order valence-corrected chi connectivity index (χ1v) is 9.49. The van der Waals surface area contributed by atoms with Crippen LogP contribution in [0.3, 0.4) is 0 Å². The minimum atomic E-state index is -0.940. The minimum Gasteiger partial charge on any atom is -0.478 e. The molecule has 0 unspecified atom stereocenters. The number of imidazole rings is 1. The van der Waals surface area contributed by atoms with Crippen LogP contribution in [-0.2, 0) is 0 Å². The molecule has 2 aromatic heterocycles. The van der Waals surface area contributed by atoms with E-state index < -0.39 is 5.97 Å². The number of hydrogen-bond acceptors (Lipinski definition) is 7. The number of nitrogens with two attached hydrogens (primary N) is 1. The summed E-state index contributed by atoms with van der Waals surface area (Å²) in [5, 5.41) is 9.68. The zero-order valence-electron chi connectivity index (χ0n) is 14.8. The summed E-state index contributed by atoms with van der Waals surface area (Å²) in [6.07, 6.45) is 3.52. The van der Waals surface area contributed by atoms with Crippen LogP contribution in [0.25, 0.3) is 11.3 Å². The highest BCUT2D eigenvalue weighted by molar-refractivity contribution is 7.99. The number of aromatic nitrogens is 4. The Kier molecular flexibility index (Phi) is 4.48. The molecule has 0 bridgehead atoms. The van der Waals surface area contributed by atoms with E-state index in [0.29, 0.717) is 16.3 Å². The maximum atomic E-state index is 10.9. The maximum absolute atomic E-state index is 10.9. The predicted octanol–water partition coefficient (Wildman–Crippen LogP) is 2.52. The van der Waals surface area contributed by atoms with Crippen LogP contribution in [0.1, 0.15) is 30.1 Å². The molecule has 0 radical (unpaired) electrons. The van der Waals surface area contributed by atoms with E-state index in [1.54, 1.807) is 30.5 Å². The third kappa shape index (κ3) is 3.88. The van der Waals surface area contributed by atoms with E-state index in [1.165, 1.54) is 11.8 Å². The van der Waals surface area contributed by atoms with E-state index in [2.05, 4.69) is 31.8 Å². The molecule has 9 heteroatoms. The highest BCUT2D eigenvalue weighted by Gasteiger charge is 2.27. The fourth-order valence-corrected chi connectivity index (χ4v) is 3.73. The van der Waals surface area contributed by atoms with Crippen LogP contribution in [0.4, 0.5) is 5.95 Å². The zero-order chi connectivity index (χ0) is 19.0. The first-order valence-electron chi connectivity index (χ1n) is 8.67. The van der Waals surface area contributed by atoms with Crippen molar-refractivity contribution in [3.05, 3.63) is 36.0 Å². The zero-order valence-corrected chi connectivity index (χ0v) is 15.7. The van der Waals surface area contributed by atoms with Gasteiger partial charge in [-0.05, 0) is 44.0 Å². The summed E-state index contributed by atoms with van der Waals surface area (Å²) in [5.41, 5.74) is 7.56. The van der Waals surface area contributed by atoms with Crippen LogP contribution < -0.4 is 10.6 Å². The van der Waals surface area contributed by atoms with Gasteiger partial charge in [0, 0.05) is 23.5 Å². The van der Waals surface area contributed by atoms with Gasteiger partial charge in [0.15, 0.2) is 11.3 Å². The third-order valence-corrected chi connectivity index (χ3v) is 5.62. The molecule has 0 saturated carbocycles. The number of carbonyl (C=O) groups is 1. The van der Waals surface area contributed by atoms with Crippen LogP contribution in [0.2, 0.25) is 0 Å². The van der Waals surface area contributed by atoms with Gasteiger partial charge in [0.2, 0.25) is 5.95 Å². The topological polar surface area (TPSA) is 121 Å². The number of aromatic carboxylic acids is 1. The number of benzene rings is 1. The second-order valence-corrected chi connectivity index (χ2v) is 8.11. The second-order valence-electron chi connectivity index (χ2n) is 7.01. The molecule has 4 rings (SSSR count). The molecule has 1 aromatic carbocycles. The molecule has 4 N–H and O–H groups in total. The molecule has 8 nitrogen and oxygen atoms in total. The molecule has 0 spiro atoms. The molecule has 0 atom stereocenters. The molecule has 27 heavy (non-hydrogen) atoms. The molecule has 1 saturated heterocycles. The summed E-state index contributed by atoms with van der Waals surface area (Å²) in [6.45, 7) is 3.79. The van der Waals surface area contributed by atoms with E-state index in [9.17, 15) is 4.79 Å². The average molecular weight is 384 g/mol. The summed E-state index contributed by atoms with van der Waals surface area (Å²) in [7, 11) is 0. The smallest absolute Gasteiger partial charge is 0.335 e. The van der Waals surface area contributed by atoms with Gasteiger partial charge in [-0.3, -0.25) is 0 Å². The number of carboxylic acid groups (broad SMARTS) is 1. The second kappa shape index (κ2) is 6.82. The molecule has 1 aliphatic heterocycles. The number of H-pyrrole nitrogens is 1. The fourth-order valence-electron chi connectivity index (χ4n) is 2.98. The molecule has 1 fully saturated rings. The Balaban J connectivity index is 1.51. The lowest BCUT2D eigenvalue weighted by atomic mass is 9.91. The standard InChI is InChI=1S/C18H20N6O2S/c1-18(19)6-8-24(9-7-18)17-22-14-15(23-17)21-13(10-20-14)27-12-4-2-11(3-5-12)16(25)26/h2-5,10H,6-9,19H2,1H3,(H,25,26)(H,20,21,22,23). The lowest BCUT2D eigenvalue weighted by molar-refractivity contribution is 0.0697. The number of fused-ring (bicyclic) bond motifs is 1. The van der Waals surface area contributed by atoms with Crippen LogP contribution in [-0.4, -0.2) is 49.6 Å². The summed E-state index contributed by atoms with van der Waals surface area (Å²) in [4.78, 5) is 30.8. The normalized spacial score (nSPS) is 16.6. The van der Waals surface area contributed by atoms with Crippen LogP contribution >= 0.6 is 11.8 Å². The Morgan fingerprint density at radius 2 is 1.96 bits per heavy atom. The third-order valence-electron chi connectivity index (χ3n) is 4.70. The molecule has 1 aliphatic rings. The van der Waals surface area contributed by atoms with Gasteiger partial charge in [-0.25, -0.2) is 14.8 Å². The summed E-state index contributed by atoms with van der Waals surface area (Å²) in [5.74, 6) is -0.169. The molecule has 0 aliphatic carbocycles. The Hall–Kier alpha value is -2.65. The van der Waals surface area contributed by atoms with Crippen LogP contribution in [0.15, 0.2) is 40.4 Å². The van der Waals surface area contributed by atoms with Crippen molar-refractivity contribution < 1.29 is 9.90 Å². The highest BCUT2D eigenvalue weighted by atomic mass is 32.2. The Morgan fingerprint density at radius 3 is 2.63 bits per heavy atom. The van der Waals surface area contributed by atoms with E-state index in [4.69, 9.17) is 10.8 Å². The first kappa shape index (κ1) is 17.7. The van der Waals surface area contributed by atoms with Crippen LogP contribution in [0, 0.1) is 0 Å². The van der Waals surface area contributed by atoms with Crippen molar-refractivity contribution in [1.82, 2.24) is 19.9 Å². The van der Waals surface area contributed by atoms with Gasteiger partial charge in [0.25, 0.3) is 0 Å². The number of aromatic amines is 1. The molecular weight excluding hydrogens is 364 g/mol. The summed E-state index contributed by atoms with van der Waals surface area (Å²) >= 11 is 1.42. The van der Waals surface area contributed by atoms with E-state index >= 15 is 0 Å². The van der Waals surface area contributed by atoms with Crippen molar-refractivity contribution in [3.63, 3.8) is 0 Å². The van der Waals surface area contributed by atoms with Crippen molar-refractivity contribution >= 4 is 35.0 Å². The van der Waals surface area contributed by atoms with E-state index in [0.717, 1.165) is 36.8 Å². The van der Waals surface area contributed by atoms with Gasteiger partial charge in [-0.2, -0.15) is 4.98 Å². The molecular formula is C18H20N6O2S. The van der Waals surface area contributed by atoms with Crippen molar-refractivity contribution in [1.29, 1.82) is 0 Å². The number of nitrogens with one attached hydrogen (secondary N) is 1. The number of hydrogen-bond donors (Lipinski definition) is 3. The number of nitrogens with zero attached hydrogens (tertiary/aromatic N) is 4. The van der Waals surface area contributed by atoms with Crippen molar-refractivity contribution in [2.75, 3.05) is 18.0 Å². The quantitative estimate of drug-likeness (QED) is 0.627. The van der Waals surface area contributed by atoms with Gasteiger partial charge in [0.1, 0.15) is 5.03 Å². The maximum Gasteiger partial charge on any atom is 0.335 e. The fraction of sp³-hybridized carbons (Fsp3) is 0.333. The molecule has 3 aromatic rings. The molecule has 0 amide bonds. The van der Waals surface area contributed by atoms with Crippen molar-refractivity contribution in [2.45, 2.75) is 35.2 Å². The van der Waals surface area contributed by atoms with Gasteiger partial charge >= 0.3 is 5.97 Å². The van der Waals surface area contributed by atoms with Crippen LogP contribution in [0.5, 0.6) is 0 Å². The number of anilines is 1. The Bertz CT molecular complexity index is 975. The van der Waals surface area contributed by atoms with E-state index in [-0.39, 0.29) is 11.1 Å². The lowest BCUT2D eigenvalue weighted by Gasteiger charge is -2.36. The first-order chi connectivity index (χ1) is 12.9. The van der Waals surface area contributed by atoms with E-state index in [1.807, 2.05) is 0 Å². The monoisotopic (exact) mass is 384 g/mol. The van der Waals surface area contributed by atoms with Gasteiger partial charge in [0.05, 0.1) is 11.8 Å². The SMILES string of the molecule is CC1(N)CCN(c2nc3nc(Sc4ccc(C(=O)O)cc4)cnc3[nH]2)CC1. The Morgan fingerprint density at radius 1 is 1.26 bits per heavy atom. The average Bonchev–Trinajstić information content (AvgIpc) is 3.05. The largest absolute Gasteiger partial charge is 0.478 e. The van der Waals surface area contributed by atoms with Gasteiger partial charge < -0.3 is 20.7 Å². The molecule has 3 heterocycles. The minimum absolute atomic E-state index is 0.112.